The van der Waals surface area contributed by atoms with Gasteiger partial charge in [0, 0.05) is 39.0 Å². The van der Waals surface area contributed by atoms with E-state index in [0.29, 0.717) is 13.1 Å². The van der Waals surface area contributed by atoms with Crippen LogP contribution in [-0.4, -0.2) is 58.4 Å². The van der Waals surface area contributed by atoms with Crippen LogP contribution in [0.15, 0.2) is 22.8 Å². The maximum Gasteiger partial charge on any atom is 0.229 e. The summed E-state index contributed by atoms with van der Waals surface area (Å²) in [6, 6.07) is 0.224. The summed E-state index contributed by atoms with van der Waals surface area (Å²) < 4.78 is 0. The molecule has 8 heteroatoms. The number of nitrogens with zero attached hydrogens (tertiary/aromatic N) is 2. The zero-order chi connectivity index (χ0) is 17.8. The summed E-state index contributed by atoms with van der Waals surface area (Å²) in [5.74, 6) is -1.71. The lowest BCUT2D eigenvalue weighted by atomic mass is 9.98. The first kappa shape index (κ1) is 16.2. The van der Waals surface area contributed by atoms with Gasteiger partial charge < -0.3 is 20.4 Å². The van der Waals surface area contributed by atoms with E-state index in [2.05, 4.69) is 10.6 Å². The topological polar surface area (TPSA) is 98.4 Å². The average Bonchev–Trinajstić information content (AvgIpc) is 3.35. The zero-order valence-electron chi connectivity index (χ0n) is 14.1. The molecule has 0 saturated carbocycles. The predicted molar refractivity (Wildman–Crippen MR) is 84.0 cm³/mol. The van der Waals surface area contributed by atoms with Crippen molar-refractivity contribution in [3.8, 4) is 0 Å². The second kappa shape index (κ2) is 5.47. The average molecular weight is 332 g/mol. The van der Waals surface area contributed by atoms with Gasteiger partial charge in [-0.05, 0) is 13.8 Å². The summed E-state index contributed by atoms with van der Waals surface area (Å²) >= 11 is 0. The van der Waals surface area contributed by atoms with Gasteiger partial charge in [-0.25, -0.2) is 0 Å². The fraction of sp³-hybridized carbons (Fsp3) is 0.500. The van der Waals surface area contributed by atoms with E-state index in [1.54, 1.807) is 9.80 Å². The SMILES string of the molecule is CC(=O)NC1=C(N2C[C@H]2C)C(=O)C(NC(C)=O)=C(N2C[C@@H]2C)C1=O. The first-order valence-electron chi connectivity index (χ1n) is 7.88. The molecule has 8 nitrogen and oxygen atoms in total. The van der Waals surface area contributed by atoms with Crippen LogP contribution in [0.2, 0.25) is 0 Å². The minimum absolute atomic E-state index is 0.0000482. The molecule has 2 aliphatic heterocycles. The molecule has 1 aliphatic carbocycles. The van der Waals surface area contributed by atoms with Crippen molar-refractivity contribution in [3.05, 3.63) is 22.8 Å². The van der Waals surface area contributed by atoms with Crippen molar-refractivity contribution in [3.63, 3.8) is 0 Å². The van der Waals surface area contributed by atoms with Crippen molar-refractivity contribution in [1.29, 1.82) is 0 Å². The number of hydrogen-bond donors (Lipinski definition) is 2. The van der Waals surface area contributed by atoms with E-state index in [1.807, 2.05) is 13.8 Å². The van der Waals surface area contributed by atoms with Crippen LogP contribution in [0.5, 0.6) is 0 Å². The third kappa shape index (κ3) is 2.68. The molecule has 0 unspecified atom stereocenters. The number of amides is 2. The molecule has 2 saturated heterocycles. The lowest BCUT2D eigenvalue weighted by Gasteiger charge is -2.25. The van der Waals surface area contributed by atoms with Gasteiger partial charge >= 0.3 is 0 Å². The summed E-state index contributed by atoms with van der Waals surface area (Å²) in [5.41, 5.74) is 0.314. The van der Waals surface area contributed by atoms with Gasteiger partial charge in [-0.15, -0.1) is 0 Å². The zero-order valence-corrected chi connectivity index (χ0v) is 14.1. The molecule has 128 valence electrons. The van der Waals surface area contributed by atoms with Gasteiger partial charge in [-0.1, -0.05) is 0 Å². The molecule has 3 aliphatic rings. The Kier molecular flexibility index (Phi) is 3.70. The highest BCUT2D eigenvalue weighted by molar-refractivity contribution is 6.26. The lowest BCUT2D eigenvalue weighted by molar-refractivity contribution is -0.123. The molecule has 0 aromatic heterocycles. The Hall–Kier alpha value is -2.64. The molecule has 2 atom stereocenters. The van der Waals surface area contributed by atoms with E-state index in [0.717, 1.165) is 0 Å². The highest BCUT2D eigenvalue weighted by atomic mass is 16.2. The molecule has 0 aromatic carbocycles. The second-order valence-electron chi connectivity index (χ2n) is 6.47. The largest absolute Gasteiger partial charge is 0.360 e. The van der Waals surface area contributed by atoms with Gasteiger partial charge in [0.25, 0.3) is 0 Å². The number of carbonyl (C=O) groups is 4. The van der Waals surface area contributed by atoms with Gasteiger partial charge in [0.05, 0.1) is 0 Å². The maximum absolute atomic E-state index is 13.0. The first-order valence-corrected chi connectivity index (χ1v) is 7.88. The fourth-order valence-corrected chi connectivity index (χ4v) is 2.91. The number of carbonyl (C=O) groups excluding carboxylic acids is 4. The molecule has 2 heterocycles. The van der Waals surface area contributed by atoms with Crippen LogP contribution in [0.3, 0.4) is 0 Å². The third-order valence-corrected chi connectivity index (χ3v) is 4.25. The Balaban J connectivity index is 2.09. The summed E-state index contributed by atoms with van der Waals surface area (Å²) in [7, 11) is 0. The number of hydrogen-bond acceptors (Lipinski definition) is 6. The minimum atomic E-state index is -0.438. The van der Waals surface area contributed by atoms with Gasteiger partial charge in [0.15, 0.2) is 0 Å². The van der Waals surface area contributed by atoms with Crippen molar-refractivity contribution < 1.29 is 19.2 Å². The van der Waals surface area contributed by atoms with Gasteiger partial charge in [0.2, 0.25) is 23.4 Å². The van der Waals surface area contributed by atoms with E-state index in [1.165, 1.54) is 13.8 Å². The normalized spacial score (nSPS) is 26.0. The van der Waals surface area contributed by atoms with E-state index in [4.69, 9.17) is 0 Å². The summed E-state index contributed by atoms with van der Waals surface area (Å²) in [5, 5.41) is 5.02. The number of rotatable bonds is 4. The van der Waals surface area contributed by atoms with Gasteiger partial charge in [0.1, 0.15) is 22.8 Å². The highest BCUT2D eigenvalue weighted by Gasteiger charge is 2.48. The van der Waals surface area contributed by atoms with Crippen LogP contribution in [0, 0.1) is 0 Å². The van der Waals surface area contributed by atoms with Crippen molar-refractivity contribution in [2.75, 3.05) is 13.1 Å². The predicted octanol–water partition coefficient (Wildman–Crippen LogP) is -0.758. The first-order chi connectivity index (χ1) is 11.2. The Morgan fingerprint density at radius 3 is 1.33 bits per heavy atom. The van der Waals surface area contributed by atoms with Crippen LogP contribution in [-0.2, 0) is 19.2 Å². The second-order valence-corrected chi connectivity index (χ2v) is 6.47. The third-order valence-electron chi connectivity index (χ3n) is 4.25. The molecule has 0 bridgehead atoms. The minimum Gasteiger partial charge on any atom is -0.360 e. The van der Waals surface area contributed by atoms with Crippen LogP contribution < -0.4 is 10.6 Å². The number of nitrogens with one attached hydrogen (secondary N) is 2. The molecule has 24 heavy (non-hydrogen) atoms. The Morgan fingerprint density at radius 1 is 0.833 bits per heavy atom. The van der Waals surface area contributed by atoms with Crippen molar-refractivity contribution >= 4 is 23.4 Å². The van der Waals surface area contributed by atoms with E-state index in [9.17, 15) is 19.2 Å². The van der Waals surface area contributed by atoms with Crippen LogP contribution >= 0.6 is 0 Å². The molecule has 0 spiro atoms. The quantitative estimate of drug-likeness (QED) is 0.519. The molecule has 3 rings (SSSR count). The molecule has 2 amide bonds. The Morgan fingerprint density at radius 2 is 1.12 bits per heavy atom. The van der Waals surface area contributed by atoms with Crippen molar-refractivity contribution in [2.45, 2.75) is 39.8 Å². The summed E-state index contributed by atoms with van der Waals surface area (Å²) in [6.45, 7) is 7.67. The maximum atomic E-state index is 13.0. The molecular formula is C16H20N4O4. The van der Waals surface area contributed by atoms with Crippen LogP contribution in [0.4, 0.5) is 0 Å². The monoisotopic (exact) mass is 332 g/mol. The van der Waals surface area contributed by atoms with E-state index < -0.39 is 23.4 Å². The van der Waals surface area contributed by atoms with Crippen molar-refractivity contribution in [1.82, 2.24) is 20.4 Å². The van der Waals surface area contributed by atoms with Crippen molar-refractivity contribution in [2.24, 2.45) is 0 Å². The summed E-state index contributed by atoms with van der Waals surface area (Å²) in [6.07, 6.45) is 0. The summed E-state index contributed by atoms with van der Waals surface area (Å²) in [4.78, 5) is 52.5. The molecule has 2 N–H and O–H groups in total. The fourth-order valence-electron chi connectivity index (χ4n) is 2.91. The lowest BCUT2D eigenvalue weighted by Crippen LogP contribution is -2.42. The standard InChI is InChI=1S/C16H20N4O4/c1-7-5-19(7)13-11(17-9(3)21)16(24)14(20-6-8(20)2)12(15(13)23)18-10(4)22/h7-8H,5-6H2,1-4H3,(H,17,21)(H,18,22)/t7-,8+,19?,20?. The van der Waals surface area contributed by atoms with Crippen LogP contribution in [0.25, 0.3) is 0 Å². The number of Topliss-reactive ketones (excluding diaryl/α,β-unsaturated/α-hetero) is 2. The molecular weight excluding hydrogens is 312 g/mol. The van der Waals surface area contributed by atoms with Gasteiger partial charge in [-0.2, -0.15) is 0 Å². The molecule has 2 fully saturated rings. The molecule has 0 aromatic rings. The van der Waals surface area contributed by atoms with Crippen LogP contribution in [0.1, 0.15) is 27.7 Å². The smallest absolute Gasteiger partial charge is 0.229 e. The Labute approximate surface area is 139 Å². The Bertz CT molecular complexity index is 674. The molecule has 0 radical (unpaired) electrons. The van der Waals surface area contributed by atoms with E-state index >= 15 is 0 Å². The van der Waals surface area contributed by atoms with Gasteiger partial charge in [-0.3, -0.25) is 19.2 Å². The highest BCUT2D eigenvalue weighted by Crippen LogP contribution is 2.36. The number of ketones is 2. The van der Waals surface area contributed by atoms with E-state index in [-0.39, 0.29) is 34.9 Å².